The molecule has 2 rings (SSSR count). The van der Waals surface area contributed by atoms with Gasteiger partial charge in [-0.15, -0.1) is 0 Å². The highest BCUT2D eigenvalue weighted by molar-refractivity contribution is 6.04. The third kappa shape index (κ3) is 3.14. The lowest BCUT2D eigenvalue weighted by Gasteiger charge is -2.07. The Labute approximate surface area is 109 Å². The average molecular weight is 262 g/mol. The van der Waals surface area contributed by atoms with Crippen LogP contribution in [0.1, 0.15) is 15.9 Å². The lowest BCUT2D eigenvalue weighted by Crippen LogP contribution is -2.14. The van der Waals surface area contributed by atoms with E-state index in [1.165, 1.54) is 0 Å². The first-order valence-electron chi connectivity index (χ1n) is 5.65. The summed E-state index contributed by atoms with van der Waals surface area (Å²) in [6.07, 6.45) is 0. The molecule has 5 heteroatoms. The molecule has 0 aliphatic heterocycles. The smallest absolute Gasteiger partial charge is 0.258 e. The number of nitrogens with two attached hydrogens (primary N) is 1. The molecule has 0 bridgehead atoms. The number of anilines is 1. The number of halogens is 2. The quantitative estimate of drug-likeness (QED) is 0.893. The molecule has 0 radical (unpaired) electrons. The first-order valence-corrected chi connectivity index (χ1v) is 5.65. The maximum Gasteiger partial charge on any atom is 0.258 e. The van der Waals surface area contributed by atoms with E-state index in [2.05, 4.69) is 5.32 Å². The molecule has 0 spiro atoms. The summed E-state index contributed by atoms with van der Waals surface area (Å²) >= 11 is 0. The van der Waals surface area contributed by atoms with Crippen molar-refractivity contribution in [1.82, 2.24) is 0 Å². The highest BCUT2D eigenvalue weighted by Crippen LogP contribution is 2.14. The Bertz CT molecular complexity index is 597. The molecule has 0 fully saturated rings. The summed E-state index contributed by atoms with van der Waals surface area (Å²) in [6, 6.07) is 9.53. The van der Waals surface area contributed by atoms with E-state index in [1.54, 1.807) is 24.3 Å². The van der Waals surface area contributed by atoms with E-state index < -0.39 is 17.5 Å². The van der Waals surface area contributed by atoms with E-state index in [0.29, 0.717) is 12.2 Å². The summed E-state index contributed by atoms with van der Waals surface area (Å²) in [6.45, 7) is 0.396. The molecular formula is C14H12F2N2O. The number of nitrogens with one attached hydrogen (secondary N) is 1. The van der Waals surface area contributed by atoms with Crippen LogP contribution in [0.3, 0.4) is 0 Å². The largest absolute Gasteiger partial charge is 0.326 e. The monoisotopic (exact) mass is 262 g/mol. The summed E-state index contributed by atoms with van der Waals surface area (Å²) in [5.74, 6) is -2.12. The second-order valence-electron chi connectivity index (χ2n) is 3.98. The number of amides is 1. The molecule has 3 N–H and O–H groups in total. The van der Waals surface area contributed by atoms with Crippen LogP contribution in [0.4, 0.5) is 14.5 Å². The molecule has 0 saturated heterocycles. The van der Waals surface area contributed by atoms with E-state index in [4.69, 9.17) is 5.73 Å². The zero-order valence-electron chi connectivity index (χ0n) is 9.99. The SMILES string of the molecule is NCc1ccc(NC(=O)c2cc(F)ccc2F)cc1. The molecule has 2 aromatic carbocycles. The van der Waals surface area contributed by atoms with Crippen LogP contribution in [0.25, 0.3) is 0 Å². The van der Waals surface area contributed by atoms with Crippen molar-refractivity contribution in [3.05, 3.63) is 65.2 Å². The van der Waals surface area contributed by atoms with Gasteiger partial charge in [0.25, 0.3) is 5.91 Å². The van der Waals surface area contributed by atoms with Crippen molar-refractivity contribution in [3.8, 4) is 0 Å². The van der Waals surface area contributed by atoms with Crippen molar-refractivity contribution in [1.29, 1.82) is 0 Å². The zero-order chi connectivity index (χ0) is 13.8. The lowest BCUT2D eigenvalue weighted by atomic mass is 10.1. The maximum absolute atomic E-state index is 13.4. The molecule has 0 aromatic heterocycles. The Morgan fingerprint density at radius 3 is 2.42 bits per heavy atom. The van der Waals surface area contributed by atoms with Crippen LogP contribution in [-0.2, 0) is 6.54 Å². The molecule has 1 amide bonds. The predicted molar refractivity (Wildman–Crippen MR) is 68.6 cm³/mol. The van der Waals surface area contributed by atoms with E-state index >= 15 is 0 Å². The molecular weight excluding hydrogens is 250 g/mol. The van der Waals surface area contributed by atoms with Gasteiger partial charge in [-0.25, -0.2) is 8.78 Å². The standard InChI is InChI=1S/C14H12F2N2O/c15-10-3-6-13(16)12(7-10)14(19)18-11-4-1-9(8-17)2-5-11/h1-7H,8,17H2,(H,18,19). The summed E-state index contributed by atoms with van der Waals surface area (Å²) in [5, 5.41) is 2.49. The fourth-order valence-electron chi connectivity index (χ4n) is 1.59. The predicted octanol–water partition coefficient (Wildman–Crippen LogP) is 2.68. The number of carbonyl (C=O) groups excluding carboxylic acids is 1. The minimum atomic E-state index is -0.766. The van der Waals surface area contributed by atoms with Crippen molar-refractivity contribution in [2.24, 2.45) is 5.73 Å². The molecule has 19 heavy (non-hydrogen) atoms. The fourth-order valence-corrected chi connectivity index (χ4v) is 1.59. The molecule has 98 valence electrons. The van der Waals surface area contributed by atoms with Crippen LogP contribution in [-0.4, -0.2) is 5.91 Å². The van der Waals surface area contributed by atoms with Gasteiger partial charge in [-0.3, -0.25) is 4.79 Å². The first kappa shape index (κ1) is 13.2. The summed E-state index contributed by atoms with van der Waals surface area (Å²) in [5.41, 5.74) is 6.52. The van der Waals surface area contributed by atoms with Gasteiger partial charge < -0.3 is 11.1 Å². The van der Waals surface area contributed by atoms with Crippen LogP contribution < -0.4 is 11.1 Å². The van der Waals surface area contributed by atoms with Crippen molar-refractivity contribution in [3.63, 3.8) is 0 Å². The van der Waals surface area contributed by atoms with Gasteiger partial charge in [0.1, 0.15) is 11.6 Å². The molecule has 0 saturated carbocycles. The molecule has 0 unspecified atom stereocenters. The summed E-state index contributed by atoms with van der Waals surface area (Å²) in [4.78, 5) is 11.8. The third-order valence-corrected chi connectivity index (χ3v) is 2.62. The maximum atomic E-state index is 13.4. The van der Waals surface area contributed by atoms with Crippen LogP contribution in [0.5, 0.6) is 0 Å². The summed E-state index contributed by atoms with van der Waals surface area (Å²) < 4.78 is 26.4. The minimum Gasteiger partial charge on any atom is -0.326 e. The van der Waals surface area contributed by atoms with E-state index in [-0.39, 0.29) is 5.56 Å². The van der Waals surface area contributed by atoms with E-state index in [0.717, 1.165) is 23.8 Å². The van der Waals surface area contributed by atoms with E-state index in [9.17, 15) is 13.6 Å². The molecule has 0 aliphatic carbocycles. The number of hydrogen-bond donors (Lipinski definition) is 2. The Morgan fingerprint density at radius 1 is 1.11 bits per heavy atom. The Balaban J connectivity index is 2.18. The van der Waals surface area contributed by atoms with Gasteiger partial charge in [-0.1, -0.05) is 12.1 Å². The fraction of sp³-hybridized carbons (Fsp3) is 0.0714. The van der Waals surface area contributed by atoms with Gasteiger partial charge >= 0.3 is 0 Å². The molecule has 0 aliphatic rings. The van der Waals surface area contributed by atoms with Crippen molar-refractivity contribution in [2.45, 2.75) is 6.54 Å². The lowest BCUT2D eigenvalue weighted by molar-refractivity contribution is 0.102. The highest BCUT2D eigenvalue weighted by Gasteiger charge is 2.12. The number of carbonyl (C=O) groups is 1. The van der Waals surface area contributed by atoms with Crippen LogP contribution in [0.2, 0.25) is 0 Å². The average Bonchev–Trinajstić information content (AvgIpc) is 2.42. The second kappa shape index (κ2) is 5.58. The first-order chi connectivity index (χ1) is 9.10. The number of hydrogen-bond acceptors (Lipinski definition) is 2. The molecule has 3 nitrogen and oxygen atoms in total. The Hall–Kier alpha value is -2.27. The highest BCUT2D eigenvalue weighted by atomic mass is 19.1. The third-order valence-electron chi connectivity index (χ3n) is 2.62. The van der Waals surface area contributed by atoms with Gasteiger partial charge in [-0.2, -0.15) is 0 Å². The van der Waals surface area contributed by atoms with Gasteiger partial charge in [-0.05, 0) is 35.9 Å². The van der Waals surface area contributed by atoms with Crippen molar-refractivity contribution < 1.29 is 13.6 Å². The Morgan fingerprint density at radius 2 is 1.79 bits per heavy atom. The normalized spacial score (nSPS) is 10.3. The van der Waals surface area contributed by atoms with Gasteiger partial charge in [0.15, 0.2) is 0 Å². The van der Waals surface area contributed by atoms with Crippen molar-refractivity contribution in [2.75, 3.05) is 5.32 Å². The van der Waals surface area contributed by atoms with Crippen LogP contribution in [0, 0.1) is 11.6 Å². The number of rotatable bonds is 3. The van der Waals surface area contributed by atoms with Gasteiger partial charge in [0, 0.05) is 12.2 Å². The topological polar surface area (TPSA) is 55.1 Å². The molecule has 2 aromatic rings. The van der Waals surface area contributed by atoms with Crippen LogP contribution in [0.15, 0.2) is 42.5 Å². The second-order valence-corrected chi connectivity index (χ2v) is 3.98. The number of benzene rings is 2. The van der Waals surface area contributed by atoms with Crippen LogP contribution >= 0.6 is 0 Å². The molecule has 0 heterocycles. The van der Waals surface area contributed by atoms with Gasteiger partial charge in [0.2, 0.25) is 0 Å². The Kier molecular flexibility index (Phi) is 3.87. The minimum absolute atomic E-state index is 0.331. The van der Waals surface area contributed by atoms with E-state index in [1.807, 2.05) is 0 Å². The summed E-state index contributed by atoms with van der Waals surface area (Å²) in [7, 11) is 0. The zero-order valence-corrected chi connectivity index (χ0v) is 9.99. The van der Waals surface area contributed by atoms with Crippen molar-refractivity contribution >= 4 is 11.6 Å². The van der Waals surface area contributed by atoms with Gasteiger partial charge in [0.05, 0.1) is 5.56 Å². The molecule has 0 atom stereocenters.